The van der Waals surface area contributed by atoms with Gasteiger partial charge in [0.05, 0.1) is 25.1 Å². The van der Waals surface area contributed by atoms with Crippen LogP contribution in [-0.2, 0) is 60.8 Å². The van der Waals surface area contributed by atoms with Gasteiger partial charge in [-0.3, -0.25) is 43.2 Å². The molecule has 2 saturated heterocycles. The van der Waals surface area contributed by atoms with Crippen molar-refractivity contribution in [1.29, 1.82) is 0 Å². The van der Waals surface area contributed by atoms with Gasteiger partial charge in [0, 0.05) is 24.3 Å². The number of nitrogens with one attached hydrogen (secondary N) is 9. The van der Waals surface area contributed by atoms with Gasteiger partial charge < -0.3 is 63.8 Å². The number of primary amides is 1. The summed E-state index contributed by atoms with van der Waals surface area (Å²) in [4.78, 5) is 133. The van der Waals surface area contributed by atoms with Gasteiger partial charge in [0.15, 0.2) is 0 Å². The minimum absolute atomic E-state index is 0.0159. The van der Waals surface area contributed by atoms with E-state index in [1.807, 2.05) is 0 Å². The smallest absolute Gasteiger partial charge is 0.327 e. The molecule has 2 heterocycles. The molecule has 0 unspecified atom stereocenters. The van der Waals surface area contributed by atoms with Gasteiger partial charge in [0.2, 0.25) is 53.2 Å². The van der Waals surface area contributed by atoms with E-state index in [4.69, 9.17) is 5.73 Å². The van der Waals surface area contributed by atoms with Crippen molar-refractivity contribution in [2.24, 2.45) is 5.73 Å². The fourth-order valence-corrected chi connectivity index (χ4v) is 9.02. The van der Waals surface area contributed by atoms with Gasteiger partial charge in [-0.2, -0.15) is 0 Å². The molecule has 0 saturated carbocycles. The van der Waals surface area contributed by atoms with Crippen LogP contribution in [0, 0.1) is 0 Å². The van der Waals surface area contributed by atoms with Crippen molar-refractivity contribution in [3.8, 4) is 0 Å². The third-order valence-corrected chi connectivity index (χ3v) is 12.7. The van der Waals surface area contributed by atoms with Crippen LogP contribution in [0.15, 0.2) is 60.7 Å². The van der Waals surface area contributed by atoms with Crippen LogP contribution in [0.3, 0.4) is 0 Å². The highest BCUT2D eigenvalue weighted by Gasteiger charge is 2.35. The van der Waals surface area contributed by atoms with Gasteiger partial charge in [-0.1, -0.05) is 82.3 Å². The summed E-state index contributed by atoms with van der Waals surface area (Å²) in [5, 5.41) is 43.0. The molecule has 22 nitrogen and oxygen atoms in total. The van der Waals surface area contributed by atoms with Crippen LogP contribution in [0.4, 0.5) is 0 Å². The van der Waals surface area contributed by atoms with Crippen molar-refractivity contribution in [3.63, 3.8) is 0 Å². The van der Waals surface area contributed by atoms with Crippen molar-refractivity contribution in [2.45, 2.75) is 100 Å². The second kappa shape index (κ2) is 26.0. The third-order valence-electron chi connectivity index (χ3n) is 10.3. The number of nitrogens with two attached hydrogens (primary N) is 1. The number of carboxylic acids is 1. The lowest BCUT2D eigenvalue weighted by atomic mass is 10.0. The number of hydrogen-bond donors (Lipinski definition) is 12. The molecule has 0 radical (unpaired) electrons. The minimum atomic E-state index is -1.71. The highest BCUT2D eigenvalue weighted by atomic mass is 33.1. The summed E-state index contributed by atoms with van der Waals surface area (Å²) in [7, 11) is 1.79. The zero-order valence-electron chi connectivity index (χ0n) is 36.2. The summed E-state index contributed by atoms with van der Waals surface area (Å²) in [5.74, 6) is -10.2. The lowest BCUT2D eigenvalue weighted by Crippen LogP contribution is -2.61. The molecule has 0 aliphatic carbocycles. The summed E-state index contributed by atoms with van der Waals surface area (Å²) in [6, 6.07) is 6.14. The largest absolute Gasteiger partial charge is 0.480 e. The lowest BCUT2D eigenvalue weighted by Gasteiger charge is -2.27. The van der Waals surface area contributed by atoms with E-state index >= 15 is 0 Å². The molecule has 9 amide bonds. The van der Waals surface area contributed by atoms with Crippen LogP contribution in [-0.4, -0.2) is 148 Å². The molecule has 24 heteroatoms. The van der Waals surface area contributed by atoms with Crippen molar-refractivity contribution < 1.29 is 58.2 Å². The van der Waals surface area contributed by atoms with Gasteiger partial charge in [-0.05, 0) is 44.4 Å². The number of aliphatic hydroxyl groups is 1. The van der Waals surface area contributed by atoms with E-state index in [1.165, 1.54) is 13.8 Å². The molecule has 358 valence electrons. The van der Waals surface area contributed by atoms with E-state index in [9.17, 15) is 58.2 Å². The predicted octanol–water partition coefficient (Wildman–Crippen LogP) is -3.51. The molecule has 13 N–H and O–H groups in total. The van der Waals surface area contributed by atoms with Gasteiger partial charge >= 0.3 is 5.97 Å². The Morgan fingerprint density at radius 2 is 1.39 bits per heavy atom. The quantitative estimate of drug-likeness (QED) is 0.0919. The Morgan fingerprint density at radius 1 is 0.773 bits per heavy atom. The Hall–Kier alpha value is -6.24. The second-order valence-electron chi connectivity index (χ2n) is 15.6. The van der Waals surface area contributed by atoms with E-state index in [1.54, 1.807) is 60.7 Å². The van der Waals surface area contributed by atoms with Crippen LogP contribution in [0.25, 0.3) is 0 Å². The fraction of sp³-hybridized carbons (Fsp3) is 0.476. The molecule has 2 aliphatic rings. The number of aliphatic carboxylic acids is 1. The summed E-state index contributed by atoms with van der Waals surface area (Å²) in [6.07, 6.45) is -1.13. The Labute approximate surface area is 388 Å². The Bertz CT molecular complexity index is 2060. The first-order valence-corrected chi connectivity index (χ1v) is 23.5. The Morgan fingerprint density at radius 3 is 2.00 bits per heavy atom. The number of carboxylic acid groups (broad SMARTS) is 1. The molecular weight excluding hydrogens is 901 g/mol. The highest BCUT2D eigenvalue weighted by molar-refractivity contribution is 8.76. The Kier molecular flexibility index (Phi) is 20.7. The van der Waals surface area contributed by atoms with Gasteiger partial charge in [-0.15, -0.1) is 0 Å². The average molecular weight is 957 g/mol. The summed E-state index contributed by atoms with van der Waals surface area (Å²) in [6.45, 7) is 2.30. The second-order valence-corrected chi connectivity index (χ2v) is 18.2. The first-order valence-electron chi connectivity index (χ1n) is 21.1. The summed E-state index contributed by atoms with van der Waals surface area (Å²) < 4.78 is 0. The predicted molar refractivity (Wildman–Crippen MR) is 242 cm³/mol. The molecule has 0 bridgehead atoms. The number of carbonyl (C=O) groups is 10. The third kappa shape index (κ3) is 17.0. The summed E-state index contributed by atoms with van der Waals surface area (Å²) in [5.41, 5.74) is 6.71. The molecular formula is C42H56N10O12S2. The van der Waals surface area contributed by atoms with Crippen LogP contribution < -0.4 is 53.6 Å². The standard InChI is InChI=1S/C42H56N10O12S2/c1-22-35(56)48-28(17-25-12-7-4-8-13-25)39(60)52-34(23(2)53)41(62)45-19-33(55)47-31(42(63)64)21-66-65-20-30(40(61)50-29(18-32(43)54)37(58)46-22)51-38(59)27(16-24-10-5-3-6-11-24)49-36(57)26-14-9-15-44-26/h3-8,10-13,22-23,26-31,34,44,53H,9,14-21H2,1-2H3,(H2,43,54)(H,45,62)(H,46,58)(H,47,55)(H,48,56)(H,49,57)(H,50,61)(H,51,59)(H,52,60)(H,63,64)/t22-,23+,26-,27-,28-,29-,30-,31-,34-/m0/s1. The van der Waals surface area contributed by atoms with Crippen LogP contribution >= 0.6 is 21.6 Å². The fourth-order valence-electron chi connectivity index (χ4n) is 6.70. The zero-order chi connectivity index (χ0) is 48.3. The zero-order valence-corrected chi connectivity index (χ0v) is 37.8. The maximum Gasteiger partial charge on any atom is 0.327 e. The van der Waals surface area contributed by atoms with E-state index in [0.717, 1.165) is 28.0 Å². The monoisotopic (exact) mass is 956 g/mol. The highest BCUT2D eigenvalue weighted by Crippen LogP contribution is 2.23. The SMILES string of the molecule is C[C@@H]1NC(=O)[C@H](CC(N)=O)NC(=O)[C@@H](NC(=O)[C@H](Cc2ccccc2)NC(=O)[C@@H]2CCCN2)CSSC[C@@H](C(=O)O)NC(=O)CNC(=O)[C@H]([C@@H](C)O)NC(=O)[C@H](Cc2ccccc2)NC1=O. The molecule has 66 heavy (non-hydrogen) atoms. The number of rotatable bonds is 12. The normalized spacial score (nSPS) is 25.2. The summed E-state index contributed by atoms with van der Waals surface area (Å²) >= 11 is 0. The van der Waals surface area contributed by atoms with E-state index in [0.29, 0.717) is 24.1 Å². The first kappa shape index (κ1) is 52.4. The number of benzene rings is 2. The molecule has 2 aromatic carbocycles. The van der Waals surface area contributed by atoms with Crippen molar-refractivity contribution in [2.75, 3.05) is 24.6 Å². The maximum absolute atomic E-state index is 14.1. The van der Waals surface area contributed by atoms with Gasteiger partial charge in [0.1, 0.15) is 42.3 Å². The van der Waals surface area contributed by atoms with Crippen LogP contribution in [0.2, 0.25) is 0 Å². The van der Waals surface area contributed by atoms with Crippen molar-refractivity contribution >= 4 is 80.7 Å². The molecule has 2 aliphatic heterocycles. The van der Waals surface area contributed by atoms with Gasteiger partial charge in [-0.25, -0.2) is 4.79 Å². The van der Waals surface area contributed by atoms with E-state index in [-0.39, 0.29) is 24.3 Å². The van der Waals surface area contributed by atoms with Crippen molar-refractivity contribution in [3.05, 3.63) is 71.8 Å². The molecule has 0 aromatic heterocycles. The first-order chi connectivity index (χ1) is 31.4. The molecule has 2 fully saturated rings. The topological polar surface area (TPSA) is 345 Å². The molecule has 4 rings (SSSR count). The van der Waals surface area contributed by atoms with Crippen LogP contribution in [0.1, 0.15) is 44.2 Å². The molecule has 0 spiro atoms. The maximum atomic E-state index is 14.1. The Balaban J connectivity index is 1.66. The van der Waals surface area contributed by atoms with Crippen LogP contribution in [0.5, 0.6) is 0 Å². The molecule has 9 atom stereocenters. The lowest BCUT2D eigenvalue weighted by molar-refractivity contribution is -0.141. The average Bonchev–Trinajstić information content (AvgIpc) is 3.83. The van der Waals surface area contributed by atoms with Crippen molar-refractivity contribution in [1.82, 2.24) is 47.9 Å². The molecule has 2 aromatic rings. The van der Waals surface area contributed by atoms with E-state index < -0.39 is 127 Å². The number of hydrogen-bond acceptors (Lipinski definition) is 14. The number of carbonyl (C=O) groups excluding carboxylic acids is 9. The number of aliphatic hydroxyl groups excluding tert-OH is 1. The van der Waals surface area contributed by atoms with Gasteiger partial charge in [0.25, 0.3) is 0 Å². The van der Waals surface area contributed by atoms with E-state index in [2.05, 4.69) is 47.9 Å². The minimum Gasteiger partial charge on any atom is -0.480 e. The number of amides is 9.